The van der Waals surface area contributed by atoms with E-state index in [-0.39, 0.29) is 0 Å². The first kappa shape index (κ1) is 14.6. The Morgan fingerprint density at radius 1 is 1.22 bits per heavy atom. The van der Waals surface area contributed by atoms with E-state index in [1.54, 1.807) is 6.07 Å². The van der Waals surface area contributed by atoms with Gasteiger partial charge in [0, 0.05) is 12.2 Å². The molecule has 4 heteroatoms. The second kappa shape index (κ2) is 5.94. The molecule has 100 valence electrons. The highest BCUT2D eigenvalue weighted by molar-refractivity contribution is 5.67. The molecule has 0 amide bonds. The van der Waals surface area contributed by atoms with Gasteiger partial charge in [-0.15, -0.1) is 0 Å². The first-order chi connectivity index (χ1) is 8.40. The predicted molar refractivity (Wildman–Crippen MR) is 68.0 cm³/mol. The molecule has 0 saturated heterocycles. The molecule has 0 heterocycles. The summed E-state index contributed by atoms with van der Waals surface area (Å²) in [5.41, 5.74) is 1.83. The van der Waals surface area contributed by atoms with Crippen LogP contribution in [0.4, 0.5) is 13.2 Å². The molecule has 0 fully saturated rings. The Balaban J connectivity index is 3.23. The van der Waals surface area contributed by atoms with Crippen molar-refractivity contribution < 1.29 is 13.2 Å². The van der Waals surface area contributed by atoms with E-state index in [2.05, 4.69) is 5.32 Å². The van der Waals surface area contributed by atoms with Crippen molar-refractivity contribution in [2.24, 2.45) is 0 Å². The Kier molecular flexibility index (Phi) is 4.82. The molecule has 0 spiro atoms. The van der Waals surface area contributed by atoms with Gasteiger partial charge in [-0.05, 0) is 43.5 Å². The van der Waals surface area contributed by atoms with E-state index in [1.807, 2.05) is 20.8 Å². The standard InChI is InChI=1S/C14H18F3N/c1-4-10(3)13(18-5-2)11-7-6-8-12(9-11)14(15,16)17/h6-9,18H,4-5H2,1-3H3. The van der Waals surface area contributed by atoms with E-state index in [1.165, 1.54) is 12.1 Å². The molecule has 18 heavy (non-hydrogen) atoms. The molecule has 0 unspecified atom stereocenters. The maximum Gasteiger partial charge on any atom is 0.416 e. The number of allylic oxidation sites excluding steroid dienone is 1. The Bertz CT molecular complexity index is 433. The van der Waals surface area contributed by atoms with Crippen LogP contribution in [0.2, 0.25) is 0 Å². The third-order valence-electron chi connectivity index (χ3n) is 2.79. The number of halogens is 3. The summed E-state index contributed by atoms with van der Waals surface area (Å²) in [6.45, 7) is 6.53. The van der Waals surface area contributed by atoms with Gasteiger partial charge in [-0.2, -0.15) is 13.2 Å². The summed E-state index contributed by atoms with van der Waals surface area (Å²) in [6.07, 6.45) is -3.49. The summed E-state index contributed by atoms with van der Waals surface area (Å²) in [5.74, 6) is 0. The number of nitrogens with one attached hydrogen (secondary N) is 1. The van der Waals surface area contributed by atoms with Crippen LogP contribution in [0.3, 0.4) is 0 Å². The fourth-order valence-electron chi connectivity index (χ4n) is 1.70. The Morgan fingerprint density at radius 2 is 1.89 bits per heavy atom. The summed E-state index contributed by atoms with van der Waals surface area (Å²) >= 11 is 0. The monoisotopic (exact) mass is 257 g/mol. The molecule has 1 N–H and O–H groups in total. The highest BCUT2D eigenvalue weighted by atomic mass is 19.4. The highest BCUT2D eigenvalue weighted by Gasteiger charge is 2.30. The molecule has 0 radical (unpaired) electrons. The minimum atomic E-state index is -4.30. The van der Waals surface area contributed by atoms with Crippen molar-refractivity contribution in [3.8, 4) is 0 Å². The van der Waals surface area contributed by atoms with Crippen LogP contribution < -0.4 is 5.32 Å². The molecule has 1 nitrogen and oxygen atoms in total. The summed E-state index contributed by atoms with van der Waals surface area (Å²) < 4.78 is 38.0. The maximum absolute atomic E-state index is 12.7. The van der Waals surface area contributed by atoms with Gasteiger partial charge >= 0.3 is 6.18 Å². The number of hydrogen-bond donors (Lipinski definition) is 1. The molecule has 0 aliphatic heterocycles. The molecule has 0 aliphatic carbocycles. The fourth-order valence-corrected chi connectivity index (χ4v) is 1.70. The van der Waals surface area contributed by atoms with E-state index in [0.29, 0.717) is 12.1 Å². The van der Waals surface area contributed by atoms with Gasteiger partial charge in [0.15, 0.2) is 0 Å². The van der Waals surface area contributed by atoms with Gasteiger partial charge in [0.05, 0.1) is 5.56 Å². The van der Waals surface area contributed by atoms with Crippen molar-refractivity contribution >= 4 is 5.70 Å². The second-order valence-electron chi connectivity index (χ2n) is 4.12. The zero-order valence-corrected chi connectivity index (χ0v) is 10.9. The van der Waals surface area contributed by atoms with Crippen LogP contribution in [-0.2, 0) is 6.18 Å². The zero-order valence-electron chi connectivity index (χ0n) is 10.9. The van der Waals surface area contributed by atoms with Gasteiger partial charge in [-0.25, -0.2) is 0 Å². The molecule has 0 atom stereocenters. The number of rotatable bonds is 4. The molecular weight excluding hydrogens is 239 g/mol. The van der Waals surface area contributed by atoms with Crippen LogP contribution in [-0.4, -0.2) is 6.54 Å². The maximum atomic E-state index is 12.7. The summed E-state index contributed by atoms with van der Waals surface area (Å²) in [6, 6.07) is 5.43. The van der Waals surface area contributed by atoms with Crippen molar-refractivity contribution in [3.63, 3.8) is 0 Å². The topological polar surface area (TPSA) is 12.0 Å². The lowest BCUT2D eigenvalue weighted by atomic mass is 10.0. The minimum Gasteiger partial charge on any atom is -0.385 e. The zero-order chi connectivity index (χ0) is 13.8. The normalized spacial score (nSPS) is 13.2. The van der Waals surface area contributed by atoms with Gasteiger partial charge in [-0.3, -0.25) is 0 Å². The lowest BCUT2D eigenvalue weighted by molar-refractivity contribution is -0.137. The minimum absolute atomic E-state index is 0.589. The van der Waals surface area contributed by atoms with E-state index in [4.69, 9.17) is 0 Å². The molecule has 1 aromatic carbocycles. The summed E-state index contributed by atoms with van der Waals surface area (Å²) in [7, 11) is 0. The van der Waals surface area contributed by atoms with Crippen LogP contribution in [0.5, 0.6) is 0 Å². The third kappa shape index (κ3) is 3.52. The van der Waals surface area contributed by atoms with E-state index in [9.17, 15) is 13.2 Å². The van der Waals surface area contributed by atoms with Gasteiger partial charge in [0.25, 0.3) is 0 Å². The smallest absolute Gasteiger partial charge is 0.385 e. The lowest BCUT2D eigenvalue weighted by Crippen LogP contribution is -2.14. The SMILES string of the molecule is CCNC(=C(C)CC)c1cccc(C(F)(F)F)c1. The fraction of sp³-hybridized carbons (Fsp3) is 0.429. The lowest BCUT2D eigenvalue weighted by Gasteiger charge is -2.15. The Morgan fingerprint density at radius 3 is 2.39 bits per heavy atom. The molecule has 0 bridgehead atoms. The highest BCUT2D eigenvalue weighted by Crippen LogP contribution is 2.31. The van der Waals surface area contributed by atoms with Crippen molar-refractivity contribution in [2.75, 3.05) is 6.54 Å². The Hall–Kier alpha value is -1.45. The number of benzene rings is 1. The van der Waals surface area contributed by atoms with Crippen LogP contribution in [0, 0.1) is 0 Å². The third-order valence-corrected chi connectivity index (χ3v) is 2.79. The largest absolute Gasteiger partial charge is 0.416 e. The van der Waals surface area contributed by atoms with Crippen LogP contribution in [0.25, 0.3) is 5.70 Å². The van der Waals surface area contributed by atoms with Crippen LogP contribution >= 0.6 is 0 Å². The van der Waals surface area contributed by atoms with Gasteiger partial charge in [0.1, 0.15) is 0 Å². The van der Waals surface area contributed by atoms with E-state index >= 15 is 0 Å². The summed E-state index contributed by atoms with van der Waals surface area (Å²) in [4.78, 5) is 0. The average molecular weight is 257 g/mol. The van der Waals surface area contributed by atoms with E-state index in [0.717, 1.165) is 23.8 Å². The first-order valence-electron chi connectivity index (χ1n) is 6.01. The van der Waals surface area contributed by atoms with Gasteiger partial charge < -0.3 is 5.32 Å². The summed E-state index contributed by atoms with van der Waals surface area (Å²) in [5, 5.41) is 3.14. The number of alkyl halides is 3. The predicted octanol–water partition coefficient (Wildman–Crippen LogP) is 4.46. The van der Waals surface area contributed by atoms with Crippen molar-refractivity contribution in [2.45, 2.75) is 33.4 Å². The molecule has 1 rings (SSSR count). The molecule has 0 aliphatic rings. The first-order valence-corrected chi connectivity index (χ1v) is 6.01. The number of hydrogen-bond acceptors (Lipinski definition) is 1. The van der Waals surface area contributed by atoms with Crippen LogP contribution in [0.15, 0.2) is 29.8 Å². The van der Waals surface area contributed by atoms with E-state index < -0.39 is 11.7 Å². The Labute approximate surface area is 106 Å². The van der Waals surface area contributed by atoms with Crippen molar-refractivity contribution in [1.29, 1.82) is 0 Å². The quantitative estimate of drug-likeness (QED) is 0.840. The van der Waals surface area contributed by atoms with Gasteiger partial charge in [-0.1, -0.05) is 19.1 Å². The van der Waals surface area contributed by atoms with Crippen LogP contribution in [0.1, 0.15) is 38.3 Å². The molecular formula is C14H18F3N. The van der Waals surface area contributed by atoms with Crippen molar-refractivity contribution in [3.05, 3.63) is 41.0 Å². The second-order valence-corrected chi connectivity index (χ2v) is 4.12. The molecule has 1 aromatic rings. The van der Waals surface area contributed by atoms with Gasteiger partial charge in [0.2, 0.25) is 0 Å². The van der Waals surface area contributed by atoms with Crippen molar-refractivity contribution in [1.82, 2.24) is 5.32 Å². The molecule has 0 aromatic heterocycles. The average Bonchev–Trinajstić information content (AvgIpc) is 2.34. The molecule has 0 saturated carbocycles.